The monoisotopic (exact) mass is 308 g/mol. The molecular formula is C17H28N2O3. The number of carbonyl (C=O) groups excluding carboxylic acids is 1. The number of urea groups is 1. The maximum absolute atomic E-state index is 11.9. The summed E-state index contributed by atoms with van der Waals surface area (Å²) < 4.78 is 5.40. The van der Waals surface area contributed by atoms with E-state index in [-0.39, 0.29) is 24.1 Å². The molecule has 0 aromatic heterocycles. The van der Waals surface area contributed by atoms with E-state index >= 15 is 0 Å². The molecule has 0 aliphatic heterocycles. The highest BCUT2D eigenvalue weighted by Crippen LogP contribution is 2.19. The quantitative estimate of drug-likeness (QED) is 0.691. The molecule has 0 aliphatic rings. The van der Waals surface area contributed by atoms with Gasteiger partial charge in [0.25, 0.3) is 0 Å². The molecule has 3 N–H and O–H groups in total. The minimum atomic E-state index is -0.201. The van der Waals surface area contributed by atoms with Crippen LogP contribution < -0.4 is 15.4 Å². The molecule has 0 saturated carbocycles. The molecule has 0 fully saturated rings. The number of rotatable bonds is 8. The van der Waals surface area contributed by atoms with E-state index in [1.165, 1.54) is 0 Å². The van der Waals surface area contributed by atoms with E-state index in [0.717, 1.165) is 11.3 Å². The topological polar surface area (TPSA) is 70.6 Å². The zero-order valence-corrected chi connectivity index (χ0v) is 14.0. The van der Waals surface area contributed by atoms with E-state index < -0.39 is 0 Å². The Morgan fingerprint density at radius 3 is 2.50 bits per heavy atom. The summed E-state index contributed by atoms with van der Waals surface area (Å²) in [5.74, 6) is 0.827. The molecule has 0 heterocycles. The third-order valence-electron chi connectivity index (χ3n) is 3.55. The van der Waals surface area contributed by atoms with Gasteiger partial charge in [0.05, 0.1) is 12.6 Å². The highest BCUT2D eigenvalue weighted by molar-refractivity contribution is 5.74. The maximum Gasteiger partial charge on any atom is 0.315 e. The second kappa shape index (κ2) is 8.63. The number of carbonyl (C=O) groups is 1. The predicted octanol–water partition coefficient (Wildman–Crippen LogP) is 2.85. The van der Waals surface area contributed by atoms with Crippen LogP contribution in [0.25, 0.3) is 0 Å². The fourth-order valence-corrected chi connectivity index (χ4v) is 2.06. The van der Waals surface area contributed by atoms with Gasteiger partial charge in [0, 0.05) is 13.2 Å². The van der Waals surface area contributed by atoms with Gasteiger partial charge >= 0.3 is 6.03 Å². The Kier molecular flexibility index (Phi) is 7.18. The third-order valence-corrected chi connectivity index (χ3v) is 3.55. The lowest BCUT2D eigenvalue weighted by atomic mass is 9.90. The molecule has 5 nitrogen and oxygen atoms in total. The molecule has 0 aliphatic carbocycles. The van der Waals surface area contributed by atoms with Crippen molar-refractivity contribution in [2.24, 2.45) is 5.41 Å². The van der Waals surface area contributed by atoms with Crippen LogP contribution in [0.2, 0.25) is 0 Å². The first-order valence-electron chi connectivity index (χ1n) is 7.76. The lowest BCUT2D eigenvalue weighted by Gasteiger charge is -2.24. The number of hydrogen-bond acceptors (Lipinski definition) is 3. The van der Waals surface area contributed by atoms with Crippen LogP contribution in [0.3, 0.4) is 0 Å². The average molecular weight is 308 g/mol. The SMILES string of the molecule is CCOc1ccc(C(C)NC(=O)NCC(C)(C)CCO)cc1. The largest absolute Gasteiger partial charge is 0.494 e. The first-order chi connectivity index (χ1) is 10.4. The van der Waals surface area contributed by atoms with E-state index in [9.17, 15) is 4.79 Å². The minimum Gasteiger partial charge on any atom is -0.494 e. The summed E-state index contributed by atoms with van der Waals surface area (Å²) in [5.41, 5.74) is 0.905. The number of aliphatic hydroxyl groups excluding tert-OH is 1. The Morgan fingerprint density at radius 2 is 1.95 bits per heavy atom. The molecule has 1 aromatic rings. The van der Waals surface area contributed by atoms with Gasteiger partial charge in [0.15, 0.2) is 0 Å². The Hall–Kier alpha value is -1.75. The van der Waals surface area contributed by atoms with E-state index in [4.69, 9.17) is 9.84 Å². The van der Waals surface area contributed by atoms with Crippen LogP contribution in [-0.4, -0.2) is 30.9 Å². The molecule has 2 amide bonds. The predicted molar refractivity (Wildman–Crippen MR) is 88.0 cm³/mol. The van der Waals surface area contributed by atoms with Crippen LogP contribution in [0.1, 0.15) is 45.7 Å². The highest BCUT2D eigenvalue weighted by atomic mass is 16.5. The van der Waals surface area contributed by atoms with Crippen molar-refractivity contribution < 1.29 is 14.6 Å². The molecule has 0 bridgehead atoms. The van der Waals surface area contributed by atoms with Crippen molar-refractivity contribution in [3.8, 4) is 5.75 Å². The van der Waals surface area contributed by atoms with Gasteiger partial charge < -0.3 is 20.5 Å². The summed E-state index contributed by atoms with van der Waals surface area (Å²) in [4.78, 5) is 11.9. The molecule has 1 atom stereocenters. The molecule has 0 radical (unpaired) electrons. The fraction of sp³-hybridized carbons (Fsp3) is 0.588. The second-order valence-electron chi connectivity index (χ2n) is 6.19. The molecule has 1 unspecified atom stereocenters. The average Bonchev–Trinajstić information content (AvgIpc) is 2.46. The van der Waals surface area contributed by atoms with Gasteiger partial charge in [-0.25, -0.2) is 4.79 Å². The molecule has 5 heteroatoms. The van der Waals surface area contributed by atoms with Crippen LogP contribution in [0.15, 0.2) is 24.3 Å². The van der Waals surface area contributed by atoms with Crippen LogP contribution in [0, 0.1) is 5.41 Å². The smallest absolute Gasteiger partial charge is 0.315 e. The van der Waals surface area contributed by atoms with Crippen LogP contribution >= 0.6 is 0 Å². The lowest BCUT2D eigenvalue weighted by Crippen LogP contribution is -2.41. The third kappa shape index (κ3) is 6.35. The van der Waals surface area contributed by atoms with Gasteiger partial charge in [-0.1, -0.05) is 26.0 Å². The summed E-state index contributed by atoms with van der Waals surface area (Å²) in [6, 6.07) is 7.42. The molecule has 22 heavy (non-hydrogen) atoms. The number of nitrogens with one attached hydrogen (secondary N) is 2. The van der Waals surface area contributed by atoms with E-state index in [1.54, 1.807) is 0 Å². The first kappa shape index (κ1) is 18.3. The highest BCUT2D eigenvalue weighted by Gasteiger charge is 2.18. The summed E-state index contributed by atoms with van der Waals surface area (Å²) in [7, 11) is 0. The summed E-state index contributed by atoms with van der Waals surface area (Å²) in [6.07, 6.45) is 0.654. The molecule has 1 aromatic carbocycles. The standard InChI is InChI=1S/C17H28N2O3/c1-5-22-15-8-6-14(7-9-15)13(2)19-16(21)18-12-17(3,4)10-11-20/h6-9,13,20H,5,10-12H2,1-4H3,(H2,18,19,21). The van der Waals surface area contributed by atoms with Crippen molar-refractivity contribution in [3.05, 3.63) is 29.8 Å². The van der Waals surface area contributed by atoms with Crippen molar-refractivity contribution in [3.63, 3.8) is 0 Å². The van der Waals surface area contributed by atoms with Crippen molar-refractivity contribution in [1.29, 1.82) is 0 Å². The summed E-state index contributed by atoms with van der Waals surface area (Å²) in [5, 5.41) is 14.7. The van der Waals surface area contributed by atoms with Crippen LogP contribution in [-0.2, 0) is 0 Å². The van der Waals surface area contributed by atoms with Gasteiger partial charge in [-0.3, -0.25) is 0 Å². The van der Waals surface area contributed by atoms with E-state index in [2.05, 4.69) is 10.6 Å². The van der Waals surface area contributed by atoms with Crippen molar-refractivity contribution in [2.75, 3.05) is 19.8 Å². The first-order valence-corrected chi connectivity index (χ1v) is 7.76. The van der Waals surface area contributed by atoms with Gasteiger partial charge in [-0.05, 0) is 43.4 Å². The lowest BCUT2D eigenvalue weighted by molar-refractivity contribution is 0.200. The number of benzene rings is 1. The zero-order chi connectivity index (χ0) is 16.6. The number of hydrogen-bond donors (Lipinski definition) is 3. The fourth-order valence-electron chi connectivity index (χ4n) is 2.06. The van der Waals surface area contributed by atoms with Crippen molar-refractivity contribution in [2.45, 2.75) is 40.2 Å². The molecule has 0 spiro atoms. The minimum absolute atomic E-state index is 0.0865. The Balaban J connectivity index is 2.46. The van der Waals surface area contributed by atoms with Gasteiger partial charge in [0.2, 0.25) is 0 Å². The van der Waals surface area contributed by atoms with Gasteiger partial charge in [-0.2, -0.15) is 0 Å². The summed E-state index contributed by atoms with van der Waals surface area (Å²) >= 11 is 0. The molecule has 124 valence electrons. The number of ether oxygens (including phenoxy) is 1. The summed E-state index contributed by atoms with van der Waals surface area (Å²) in [6.45, 7) is 9.20. The van der Waals surface area contributed by atoms with E-state index in [1.807, 2.05) is 52.0 Å². The molecule has 0 saturated heterocycles. The maximum atomic E-state index is 11.9. The Morgan fingerprint density at radius 1 is 1.32 bits per heavy atom. The van der Waals surface area contributed by atoms with Gasteiger partial charge in [-0.15, -0.1) is 0 Å². The zero-order valence-electron chi connectivity index (χ0n) is 14.0. The molecular weight excluding hydrogens is 280 g/mol. The Bertz CT molecular complexity index is 457. The number of aliphatic hydroxyl groups is 1. The van der Waals surface area contributed by atoms with Crippen molar-refractivity contribution in [1.82, 2.24) is 10.6 Å². The second-order valence-corrected chi connectivity index (χ2v) is 6.19. The van der Waals surface area contributed by atoms with Crippen molar-refractivity contribution >= 4 is 6.03 Å². The van der Waals surface area contributed by atoms with E-state index in [0.29, 0.717) is 19.6 Å². The van der Waals surface area contributed by atoms with Crippen LogP contribution in [0.5, 0.6) is 5.75 Å². The van der Waals surface area contributed by atoms with Gasteiger partial charge in [0.1, 0.15) is 5.75 Å². The molecule has 1 rings (SSSR count). The number of amides is 2. The van der Waals surface area contributed by atoms with Crippen LogP contribution in [0.4, 0.5) is 4.79 Å². The normalized spacial score (nSPS) is 12.6. The Labute approximate surface area is 133 Å².